The molecule has 3 amide bonds. The van der Waals surface area contributed by atoms with E-state index in [0.29, 0.717) is 0 Å². The molecule has 1 fully saturated rings. The van der Waals surface area contributed by atoms with E-state index in [-0.39, 0.29) is 11.8 Å². The van der Waals surface area contributed by atoms with Gasteiger partial charge in [0.1, 0.15) is 5.75 Å². The minimum absolute atomic E-state index is 0.0821. The molecular formula is C15H17F3N2O3. The van der Waals surface area contributed by atoms with E-state index >= 15 is 0 Å². The maximum atomic E-state index is 12.4. The smallest absolute Gasteiger partial charge is 0.416 e. The number of imide groups is 1. The Labute approximate surface area is 131 Å². The third kappa shape index (κ3) is 5.46. The summed E-state index contributed by atoms with van der Waals surface area (Å²) in [5.74, 6) is -0.551. The predicted molar refractivity (Wildman–Crippen MR) is 75.9 cm³/mol. The number of hydrogen-bond donors (Lipinski definition) is 2. The number of alkyl halides is 3. The first kappa shape index (κ1) is 17.1. The van der Waals surface area contributed by atoms with Gasteiger partial charge in [-0.15, -0.1) is 0 Å². The van der Waals surface area contributed by atoms with Crippen molar-refractivity contribution in [3.63, 3.8) is 0 Å². The van der Waals surface area contributed by atoms with Gasteiger partial charge in [-0.1, -0.05) is 12.8 Å². The van der Waals surface area contributed by atoms with Crippen molar-refractivity contribution in [2.75, 3.05) is 6.61 Å². The fourth-order valence-electron chi connectivity index (χ4n) is 2.34. The highest BCUT2D eigenvalue weighted by molar-refractivity contribution is 5.95. The number of carbonyl (C=O) groups is 2. The Morgan fingerprint density at radius 2 is 1.74 bits per heavy atom. The lowest BCUT2D eigenvalue weighted by atomic mass is 10.2. The Kier molecular flexibility index (Phi) is 5.46. The van der Waals surface area contributed by atoms with Crippen molar-refractivity contribution in [3.8, 4) is 5.75 Å². The quantitative estimate of drug-likeness (QED) is 0.892. The van der Waals surface area contributed by atoms with Crippen LogP contribution in [0.25, 0.3) is 0 Å². The van der Waals surface area contributed by atoms with E-state index in [1.165, 1.54) is 0 Å². The molecule has 1 saturated carbocycles. The first-order valence-electron chi connectivity index (χ1n) is 7.25. The van der Waals surface area contributed by atoms with E-state index in [1.54, 1.807) is 0 Å². The second-order valence-corrected chi connectivity index (χ2v) is 5.31. The molecule has 0 bridgehead atoms. The van der Waals surface area contributed by atoms with Gasteiger partial charge in [-0.25, -0.2) is 4.79 Å². The summed E-state index contributed by atoms with van der Waals surface area (Å²) in [7, 11) is 0. The van der Waals surface area contributed by atoms with Crippen LogP contribution in [0.5, 0.6) is 5.75 Å². The summed E-state index contributed by atoms with van der Waals surface area (Å²) in [6, 6.07) is 3.46. The number of benzene rings is 1. The van der Waals surface area contributed by atoms with Gasteiger partial charge in [0.15, 0.2) is 6.61 Å². The Hall–Kier alpha value is -2.25. The van der Waals surface area contributed by atoms with E-state index < -0.39 is 30.3 Å². The van der Waals surface area contributed by atoms with Gasteiger partial charge in [0.25, 0.3) is 5.91 Å². The largest absolute Gasteiger partial charge is 0.484 e. The predicted octanol–water partition coefficient (Wildman–Crippen LogP) is 2.85. The molecule has 0 radical (unpaired) electrons. The molecule has 1 aliphatic rings. The van der Waals surface area contributed by atoms with Gasteiger partial charge in [0.2, 0.25) is 0 Å². The van der Waals surface area contributed by atoms with E-state index in [0.717, 1.165) is 49.9 Å². The van der Waals surface area contributed by atoms with Crippen molar-refractivity contribution in [3.05, 3.63) is 29.8 Å². The van der Waals surface area contributed by atoms with Crippen molar-refractivity contribution in [1.82, 2.24) is 10.6 Å². The van der Waals surface area contributed by atoms with Crippen LogP contribution in [-0.4, -0.2) is 24.6 Å². The zero-order valence-electron chi connectivity index (χ0n) is 12.3. The lowest BCUT2D eigenvalue weighted by Gasteiger charge is -2.12. The molecular weight excluding hydrogens is 313 g/mol. The number of amides is 3. The summed E-state index contributed by atoms with van der Waals surface area (Å²) < 4.78 is 42.2. The molecule has 0 unspecified atom stereocenters. The maximum Gasteiger partial charge on any atom is 0.416 e. The minimum Gasteiger partial charge on any atom is -0.484 e. The van der Waals surface area contributed by atoms with Gasteiger partial charge < -0.3 is 10.1 Å². The molecule has 1 aliphatic carbocycles. The van der Waals surface area contributed by atoms with E-state index in [9.17, 15) is 22.8 Å². The van der Waals surface area contributed by atoms with Gasteiger partial charge in [-0.3, -0.25) is 10.1 Å². The van der Waals surface area contributed by atoms with Gasteiger partial charge in [0.05, 0.1) is 5.56 Å². The van der Waals surface area contributed by atoms with E-state index in [4.69, 9.17) is 4.74 Å². The number of nitrogens with one attached hydrogen (secondary N) is 2. The Bertz CT molecular complexity index is 552. The van der Waals surface area contributed by atoms with Crippen LogP contribution in [0.1, 0.15) is 31.2 Å². The van der Waals surface area contributed by atoms with Crippen molar-refractivity contribution in [2.24, 2.45) is 0 Å². The highest BCUT2D eigenvalue weighted by Gasteiger charge is 2.30. The number of hydrogen-bond acceptors (Lipinski definition) is 3. The number of carbonyl (C=O) groups excluding carboxylic acids is 2. The molecule has 0 aromatic heterocycles. The van der Waals surface area contributed by atoms with Crippen LogP contribution in [-0.2, 0) is 11.0 Å². The molecule has 23 heavy (non-hydrogen) atoms. The van der Waals surface area contributed by atoms with Crippen LogP contribution >= 0.6 is 0 Å². The first-order valence-corrected chi connectivity index (χ1v) is 7.25. The van der Waals surface area contributed by atoms with Crippen LogP contribution in [0.4, 0.5) is 18.0 Å². The molecule has 1 aromatic rings. The van der Waals surface area contributed by atoms with Crippen molar-refractivity contribution < 1.29 is 27.5 Å². The fraction of sp³-hybridized carbons (Fsp3) is 0.467. The van der Waals surface area contributed by atoms with Crippen molar-refractivity contribution in [1.29, 1.82) is 0 Å². The Morgan fingerprint density at radius 1 is 1.13 bits per heavy atom. The molecule has 2 rings (SSSR count). The Morgan fingerprint density at radius 3 is 2.30 bits per heavy atom. The van der Waals surface area contributed by atoms with Crippen LogP contribution < -0.4 is 15.4 Å². The summed E-state index contributed by atoms with van der Waals surface area (Å²) >= 11 is 0. The highest BCUT2D eigenvalue weighted by atomic mass is 19.4. The second kappa shape index (κ2) is 7.34. The summed E-state index contributed by atoms with van der Waals surface area (Å²) in [5, 5.41) is 4.80. The Balaban J connectivity index is 1.74. The molecule has 0 heterocycles. The first-order chi connectivity index (χ1) is 10.8. The second-order valence-electron chi connectivity index (χ2n) is 5.31. The molecule has 0 saturated heterocycles. The summed E-state index contributed by atoms with van der Waals surface area (Å²) in [6.07, 6.45) is -0.534. The molecule has 126 valence electrons. The molecule has 0 spiro atoms. The molecule has 2 N–H and O–H groups in total. The number of urea groups is 1. The molecule has 0 atom stereocenters. The summed E-state index contributed by atoms with van der Waals surface area (Å²) in [6.45, 7) is -0.455. The van der Waals surface area contributed by atoms with Crippen LogP contribution in [0.2, 0.25) is 0 Å². The third-order valence-corrected chi connectivity index (χ3v) is 3.49. The van der Waals surface area contributed by atoms with Crippen LogP contribution in [0, 0.1) is 0 Å². The molecule has 5 nitrogen and oxygen atoms in total. The average molecular weight is 330 g/mol. The molecule has 8 heteroatoms. The van der Waals surface area contributed by atoms with Crippen LogP contribution in [0.3, 0.4) is 0 Å². The molecule has 1 aromatic carbocycles. The van der Waals surface area contributed by atoms with E-state index in [2.05, 4.69) is 10.6 Å². The van der Waals surface area contributed by atoms with Crippen molar-refractivity contribution in [2.45, 2.75) is 37.9 Å². The zero-order chi connectivity index (χ0) is 16.9. The van der Waals surface area contributed by atoms with E-state index in [1.807, 2.05) is 0 Å². The summed E-state index contributed by atoms with van der Waals surface area (Å²) in [4.78, 5) is 23.1. The summed E-state index contributed by atoms with van der Waals surface area (Å²) in [5.41, 5.74) is -0.801. The normalized spacial score (nSPS) is 15.3. The SMILES string of the molecule is O=C(COc1ccc(C(F)(F)F)cc1)NC(=O)NC1CCCC1. The standard InChI is InChI=1S/C15H17F3N2O3/c16-15(17,18)10-5-7-12(8-6-10)23-9-13(21)20-14(22)19-11-3-1-2-4-11/h5-8,11H,1-4,9H2,(H2,19,20,21,22). The number of halogens is 3. The third-order valence-electron chi connectivity index (χ3n) is 3.49. The number of rotatable bonds is 4. The monoisotopic (exact) mass is 330 g/mol. The maximum absolute atomic E-state index is 12.4. The lowest BCUT2D eigenvalue weighted by molar-refractivity contribution is -0.137. The van der Waals surface area contributed by atoms with Crippen LogP contribution in [0.15, 0.2) is 24.3 Å². The lowest BCUT2D eigenvalue weighted by Crippen LogP contribution is -2.45. The van der Waals surface area contributed by atoms with Crippen molar-refractivity contribution >= 4 is 11.9 Å². The average Bonchev–Trinajstić information content (AvgIpc) is 2.97. The van der Waals surface area contributed by atoms with Gasteiger partial charge in [-0.05, 0) is 37.1 Å². The fourth-order valence-corrected chi connectivity index (χ4v) is 2.34. The highest BCUT2D eigenvalue weighted by Crippen LogP contribution is 2.30. The van der Waals surface area contributed by atoms with Gasteiger partial charge >= 0.3 is 12.2 Å². The zero-order valence-corrected chi connectivity index (χ0v) is 12.3. The minimum atomic E-state index is -4.42. The topological polar surface area (TPSA) is 67.4 Å². The van der Waals surface area contributed by atoms with Gasteiger partial charge in [-0.2, -0.15) is 13.2 Å². The molecule has 0 aliphatic heterocycles. The van der Waals surface area contributed by atoms with Gasteiger partial charge in [0, 0.05) is 6.04 Å². The number of ether oxygens (including phenoxy) is 1.